The summed E-state index contributed by atoms with van der Waals surface area (Å²) in [6.45, 7) is 1.82. The van der Waals surface area contributed by atoms with Gasteiger partial charge in [-0.05, 0) is 36.1 Å². The van der Waals surface area contributed by atoms with Crippen molar-refractivity contribution < 1.29 is 14.3 Å². The summed E-state index contributed by atoms with van der Waals surface area (Å²) in [4.78, 5) is 31.3. The molecule has 0 N–H and O–H groups in total. The van der Waals surface area contributed by atoms with Crippen LogP contribution < -0.4 is 4.74 Å². The van der Waals surface area contributed by atoms with E-state index in [1.165, 1.54) is 16.2 Å². The van der Waals surface area contributed by atoms with Gasteiger partial charge in [-0.1, -0.05) is 12.1 Å². The number of carbonyl (C=O) groups excluding carboxylic acids is 2. The number of nitrogens with zero attached hydrogens (tertiary/aromatic N) is 2. The van der Waals surface area contributed by atoms with Crippen molar-refractivity contribution in [2.24, 2.45) is 0 Å². The van der Waals surface area contributed by atoms with Gasteiger partial charge in [0.05, 0.1) is 4.88 Å². The van der Waals surface area contributed by atoms with Crippen LogP contribution in [0.2, 0.25) is 0 Å². The van der Waals surface area contributed by atoms with Crippen molar-refractivity contribution in [3.05, 3.63) is 57.9 Å². The number of aryl methyl sites for hydroxylation is 1. The average Bonchev–Trinajstić information content (AvgIpc) is 3.27. The van der Waals surface area contributed by atoms with Crippen LogP contribution in [0.3, 0.4) is 0 Å². The van der Waals surface area contributed by atoms with E-state index in [4.69, 9.17) is 4.74 Å². The van der Waals surface area contributed by atoms with Gasteiger partial charge in [0.25, 0.3) is 5.91 Å². The zero-order chi connectivity index (χ0) is 18.0. The van der Waals surface area contributed by atoms with Gasteiger partial charge in [0.15, 0.2) is 5.69 Å². The first kappa shape index (κ1) is 17.3. The summed E-state index contributed by atoms with van der Waals surface area (Å²) in [7, 11) is 3.35. The molecular weight excluding hydrogens is 356 g/mol. The van der Waals surface area contributed by atoms with Gasteiger partial charge in [-0.25, -0.2) is 9.78 Å². The Labute approximate surface area is 153 Å². The first-order chi connectivity index (χ1) is 12.0. The Morgan fingerprint density at radius 3 is 2.64 bits per heavy atom. The second kappa shape index (κ2) is 7.16. The summed E-state index contributed by atoms with van der Waals surface area (Å²) in [6, 6.07) is 8.96. The largest absolute Gasteiger partial charge is 0.421 e. The monoisotopic (exact) mass is 372 g/mol. The molecule has 2 heterocycles. The normalized spacial score (nSPS) is 10.5. The third-order valence-electron chi connectivity index (χ3n) is 3.49. The number of amides is 1. The molecule has 1 aromatic carbocycles. The fourth-order valence-electron chi connectivity index (χ4n) is 2.13. The van der Waals surface area contributed by atoms with Gasteiger partial charge in [0, 0.05) is 25.0 Å². The molecule has 2 aromatic heterocycles. The Kier molecular flexibility index (Phi) is 4.96. The molecule has 0 fully saturated rings. The minimum Gasteiger partial charge on any atom is -0.421 e. The minimum atomic E-state index is -0.531. The van der Waals surface area contributed by atoms with Gasteiger partial charge >= 0.3 is 5.97 Å². The molecule has 0 radical (unpaired) electrons. The molecule has 7 heteroatoms. The van der Waals surface area contributed by atoms with Crippen LogP contribution in [0.1, 0.15) is 26.4 Å². The van der Waals surface area contributed by atoms with E-state index in [9.17, 15) is 9.59 Å². The number of carbonyl (C=O) groups is 2. The summed E-state index contributed by atoms with van der Waals surface area (Å²) in [6.07, 6.45) is 0. The maximum atomic E-state index is 12.4. The van der Waals surface area contributed by atoms with E-state index >= 15 is 0 Å². The van der Waals surface area contributed by atoms with Crippen LogP contribution in [0.15, 0.2) is 41.1 Å². The molecule has 0 unspecified atom stereocenters. The Hall–Kier alpha value is -2.51. The molecule has 0 aliphatic heterocycles. The van der Waals surface area contributed by atoms with Gasteiger partial charge in [0.2, 0.25) is 0 Å². The zero-order valence-electron chi connectivity index (χ0n) is 14.0. The van der Waals surface area contributed by atoms with Crippen LogP contribution in [0.5, 0.6) is 5.75 Å². The second-order valence-corrected chi connectivity index (χ2v) is 7.39. The van der Waals surface area contributed by atoms with Gasteiger partial charge in [-0.2, -0.15) is 0 Å². The Morgan fingerprint density at radius 1 is 1.16 bits per heavy atom. The van der Waals surface area contributed by atoms with E-state index in [-0.39, 0.29) is 11.6 Å². The van der Waals surface area contributed by atoms with E-state index in [0.29, 0.717) is 11.3 Å². The summed E-state index contributed by atoms with van der Waals surface area (Å²) in [5.74, 6) is -0.314. The molecule has 1 amide bonds. The number of thiophene rings is 1. The molecule has 5 nitrogen and oxygen atoms in total. The zero-order valence-corrected chi connectivity index (χ0v) is 15.6. The van der Waals surface area contributed by atoms with Crippen LogP contribution in [0.4, 0.5) is 0 Å². The highest BCUT2D eigenvalue weighted by atomic mass is 32.1. The van der Waals surface area contributed by atoms with E-state index in [0.717, 1.165) is 15.4 Å². The molecule has 0 spiro atoms. The summed E-state index contributed by atoms with van der Waals surface area (Å²) in [5, 5.41) is 4.43. The number of aromatic nitrogens is 1. The SMILES string of the molecule is Cc1ccc(C(=O)N(C)C)cc1OC(=O)c1csc(-c2cccs2)n1. The number of esters is 1. The average molecular weight is 372 g/mol. The van der Waals surface area contributed by atoms with Crippen molar-refractivity contribution in [2.45, 2.75) is 6.92 Å². The van der Waals surface area contributed by atoms with Gasteiger partial charge < -0.3 is 9.64 Å². The molecule has 0 saturated heterocycles. The number of hydrogen-bond donors (Lipinski definition) is 0. The summed E-state index contributed by atoms with van der Waals surface area (Å²) in [5.41, 5.74) is 1.51. The third-order valence-corrected chi connectivity index (χ3v) is 5.37. The van der Waals surface area contributed by atoms with Crippen molar-refractivity contribution >= 4 is 34.6 Å². The quantitative estimate of drug-likeness (QED) is 0.511. The topological polar surface area (TPSA) is 59.5 Å². The lowest BCUT2D eigenvalue weighted by atomic mass is 10.1. The van der Waals surface area contributed by atoms with Crippen molar-refractivity contribution in [3.8, 4) is 15.6 Å². The number of ether oxygens (including phenoxy) is 1. The number of rotatable bonds is 4. The maximum absolute atomic E-state index is 12.4. The van der Waals surface area contributed by atoms with Gasteiger partial charge in [0.1, 0.15) is 10.8 Å². The molecule has 3 rings (SSSR count). The van der Waals surface area contributed by atoms with E-state index in [2.05, 4.69) is 4.98 Å². The molecule has 0 atom stereocenters. The van der Waals surface area contributed by atoms with Crippen LogP contribution in [0, 0.1) is 6.92 Å². The lowest BCUT2D eigenvalue weighted by Gasteiger charge is -2.12. The predicted octanol–water partition coefficient (Wildman–Crippen LogP) is 4.10. The Morgan fingerprint density at radius 2 is 1.96 bits per heavy atom. The van der Waals surface area contributed by atoms with E-state index < -0.39 is 5.97 Å². The standard InChI is InChI=1S/C18H16N2O3S2/c1-11-6-7-12(17(21)20(2)3)9-14(11)23-18(22)13-10-25-16(19-13)15-5-4-8-24-15/h4-10H,1-3H3. The fourth-order valence-corrected chi connectivity index (χ4v) is 3.74. The Balaban J connectivity index is 1.81. The number of hydrogen-bond acceptors (Lipinski definition) is 6. The molecular formula is C18H16N2O3S2. The number of thiazole rings is 1. The highest BCUT2D eigenvalue weighted by molar-refractivity contribution is 7.20. The van der Waals surface area contributed by atoms with Gasteiger partial charge in [-0.15, -0.1) is 22.7 Å². The van der Waals surface area contributed by atoms with Gasteiger partial charge in [-0.3, -0.25) is 4.79 Å². The molecule has 25 heavy (non-hydrogen) atoms. The molecule has 128 valence electrons. The lowest BCUT2D eigenvalue weighted by Crippen LogP contribution is -2.21. The highest BCUT2D eigenvalue weighted by Crippen LogP contribution is 2.28. The second-order valence-electron chi connectivity index (χ2n) is 5.58. The van der Waals surface area contributed by atoms with Crippen molar-refractivity contribution in [2.75, 3.05) is 14.1 Å². The van der Waals surface area contributed by atoms with E-state index in [1.54, 1.807) is 49.0 Å². The first-order valence-electron chi connectivity index (χ1n) is 7.49. The Bertz CT molecular complexity index is 914. The van der Waals surface area contributed by atoms with Crippen molar-refractivity contribution in [1.82, 2.24) is 9.88 Å². The van der Waals surface area contributed by atoms with Crippen molar-refractivity contribution in [1.29, 1.82) is 0 Å². The molecule has 3 aromatic rings. The molecule has 0 saturated carbocycles. The molecule has 0 aliphatic carbocycles. The van der Waals surface area contributed by atoms with Crippen LogP contribution in [-0.4, -0.2) is 35.9 Å². The molecule has 0 aliphatic rings. The summed E-state index contributed by atoms with van der Waals surface area (Å²) >= 11 is 2.97. The lowest BCUT2D eigenvalue weighted by molar-refractivity contribution is 0.0725. The first-order valence-corrected chi connectivity index (χ1v) is 9.25. The van der Waals surface area contributed by atoms with E-state index in [1.807, 2.05) is 24.4 Å². The highest BCUT2D eigenvalue weighted by Gasteiger charge is 2.17. The third kappa shape index (κ3) is 3.78. The fraction of sp³-hybridized carbons (Fsp3) is 0.167. The molecule has 0 bridgehead atoms. The van der Waals surface area contributed by atoms with Crippen LogP contribution >= 0.6 is 22.7 Å². The smallest absolute Gasteiger partial charge is 0.363 e. The number of benzene rings is 1. The summed E-state index contributed by atoms with van der Waals surface area (Å²) < 4.78 is 5.47. The van der Waals surface area contributed by atoms with Crippen molar-refractivity contribution in [3.63, 3.8) is 0 Å². The predicted molar refractivity (Wildman–Crippen MR) is 99.6 cm³/mol. The van der Waals surface area contributed by atoms with Crippen LogP contribution in [0.25, 0.3) is 9.88 Å². The minimum absolute atomic E-state index is 0.147. The van der Waals surface area contributed by atoms with Crippen LogP contribution in [-0.2, 0) is 0 Å². The maximum Gasteiger partial charge on any atom is 0.363 e.